The third-order valence-electron chi connectivity index (χ3n) is 5.46. The molecule has 2 fully saturated rings. The molecule has 4 nitrogen and oxygen atoms in total. The van der Waals surface area contributed by atoms with E-state index in [9.17, 15) is 22.8 Å². The summed E-state index contributed by atoms with van der Waals surface area (Å²) in [7, 11) is 0. The summed E-state index contributed by atoms with van der Waals surface area (Å²) in [4.78, 5) is 23.6. The minimum absolute atomic E-state index is 0.249. The van der Waals surface area contributed by atoms with Gasteiger partial charge in [0.25, 0.3) is 0 Å². The molecular weight excluding hydrogens is 335 g/mol. The number of rotatable bonds is 4. The van der Waals surface area contributed by atoms with Crippen LogP contribution >= 0.6 is 0 Å². The predicted octanol–water partition coefficient (Wildman–Crippen LogP) is 3.70. The van der Waals surface area contributed by atoms with E-state index in [1.54, 1.807) is 6.07 Å². The Labute approximate surface area is 143 Å². The molecule has 2 atom stereocenters. The van der Waals surface area contributed by atoms with E-state index in [0.29, 0.717) is 37.7 Å². The molecule has 0 bridgehead atoms. The molecule has 1 aromatic carbocycles. The Morgan fingerprint density at radius 2 is 1.84 bits per heavy atom. The van der Waals surface area contributed by atoms with Gasteiger partial charge in [-0.1, -0.05) is 12.1 Å². The first-order valence-corrected chi connectivity index (χ1v) is 8.44. The van der Waals surface area contributed by atoms with Crippen LogP contribution in [0.2, 0.25) is 0 Å². The molecule has 0 saturated heterocycles. The quantitative estimate of drug-likeness (QED) is 0.865. The average Bonchev–Trinajstić information content (AvgIpc) is 3.00. The summed E-state index contributed by atoms with van der Waals surface area (Å²) in [6, 6.07) is 5.10. The number of halogens is 3. The van der Waals surface area contributed by atoms with Gasteiger partial charge in [-0.15, -0.1) is 0 Å². The highest BCUT2D eigenvalue weighted by molar-refractivity contribution is 5.81. The summed E-state index contributed by atoms with van der Waals surface area (Å²) in [5, 5.41) is 12.0. The van der Waals surface area contributed by atoms with Crippen LogP contribution in [0.15, 0.2) is 24.3 Å². The number of amides is 1. The fourth-order valence-electron chi connectivity index (χ4n) is 3.79. The molecule has 7 heteroatoms. The van der Waals surface area contributed by atoms with Gasteiger partial charge in [0, 0.05) is 5.92 Å². The van der Waals surface area contributed by atoms with Crippen molar-refractivity contribution in [1.29, 1.82) is 0 Å². The van der Waals surface area contributed by atoms with Crippen LogP contribution in [-0.4, -0.2) is 17.0 Å². The number of hydrogen-bond acceptors (Lipinski definition) is 2. The zero-order valence-corrected chi connectivity index (χ0v) is 13.6. The van der Waals surface area contributed by atoms with Gasteiger partial charge in [0.1, 0.15) is 0 Å². The molecule has 2 aliphatic carbocycles. The van der Waals surface area contributed by atoms with Crippen molar-refractivity contribution < 1.29 is 27.9 Å². The average molecular weight is 355 g/mol. The molecular formula is C18H20F3NO3. The number of benzene rings is 1. The lowest BCUT2D eigenvalue weighted by molar-refractivity contribution is -0.141. The van der Waals surface area contributed by atoms with Gasteiger partial charge in [-0.25, -0.2) is 0 Å². The van der Waals surface area contributed by atoms with Crippen molar-refractivity contribution in [2.24, 2.45) is 11.8 Å². The summed E-state index contributed by atoms with van der Waals surface area (Å²) in [6.07, 6.45) is -1.15. The maximum Gasteiger partial charge on any atom is 0.416 e. The van der Waals surface area contributed by atoms with Gasteiger partial charge in [-0.05, 0) is 56.2 Å². The minimum Gasteiger partial charge on any atom is -0.481 e. The van der Waals surface area contributed by atoms with Crippen molar-refractivity contribution in [3.05, 3.63) is 35.4 Å². The Morgan fingerprint density at radius 1 is 1.16 bits per heavy atom. The number of carboxylic acid groups (broad SMARTS) is 1. The fraction of sp³-hybridized carbons (Fsp3) is 0.556. The lowest BCUT2D eigenvalue weighted by Gasteiger charge is -2.44. The zero-order chi connectivity index (χ0) is 18.2. The summed E-state index contributed by atoms with van der Waals surface area (Å²) in [5.41, 5.74) is -1.02. The number of nitrogens with one attached hydrogen (secondary N) is 1. The first kappa shape index (κ1) is 17.8. The normalized spacial score (nSPS) is 25.2. The molecule has 1 amide bonds. The molecule has 0 spiro atoms. The topological polar surface area (TPSA) is 66.4 Å². The van der Waals surface area contributed by atoms with E-state index in [4.69, 9.17) is 5.11 Å². The highest BCUT2D eigenvalue weighted by Crippen LogP contribution is 2.44. The lowest BCUT2D eigenvalue weighted by Crippen LogP contribution is -2.52. The number of aliphatic carboxylic acids is 1. The zero-order valence-electron chi connectivity index (χ0n) is 13.6. The highest BCUT2D eigenvalue weighted by atomic mass is 19.4. The van der Waals surface area contributed by atoms with Gasteiger partial charge >= 0.3 is 12.1 Å². The molecule has 0 radical (unpaired) electrons. The second-order valence-corrected chi connectivity index (χ2v) is 7.05. The van der Waals surface area contributed by atoms with E-state index in [0.717, 1.165) is 18.6 Å². The SMILES string of the molecule is O=C(O)[C@@H]1CC[C@H](C(=O)NC2(c3cccc(C(F)(F)F)c3)CCC2)C1. The molecule has 25 heavy (non-hydrogen) atoms. The van der Waals surface area contributed by atoms with E-state index in [1.807, 2.05) is 0 Å². The molecule has 3 rings (SSSR count). The van der Waals surface area contributed by atoms with Gasteiger partial charge in [0.15, 0.2) is 0 Å². The second-order valence-electron chi connectivity index (χ2n) is 7.05. The van der Waals surface area contributed by atoms with E-state index >= 15 is 0 Å². The number of alkyl halides is 3. The summed E-state index contributed by atoms with van der Waals surface area (Å²) < 4.78 is 38.9. The molecule has 2 saturated carbocycles. The molecule has 1 aromatic rings. The molecule has 0 aliphatic heterocycles. The third kappa shape index (κ3) is 3.50. The van der Waals surface area contributed by atoms with Crippen molar-refractivity contribution >= 4 is 11.9 Å². The van der Waals surface area contributed by atoms with Gasteiger partial charge in [-0.2, -0.15) is 13.2 Å². The summed E-state index contributed by atoms with van der Waals surface area (Å²) >= 11 is 0. The molecule has 136 valence electrons. The Morgan fingerprint density at radius 3 is 2.36 bits per heavy atom. The monoisotopic (exact) mass is 355 g/mol. The Kier molecular flexibility index (Phi) is 4.51. The van der Waals surface area contributed by atoms with Crippen LogP contribution in [0.1, 0.15) is 49.7 Å². The number of carboxylic acids is 1. The molecule has 2 N–H and O–H groups in total. The largest absolute Gasteiger partial charge is 0.481 e. The number of hydrogen-bond donors (Lipinski definition) is 2. The summed E-state index contributed by atoms with van der Waals surface area (Å²) in [5.74, 6) is -2.04. The van der Waals surface area contributed by atoms with Crippen molar-refractivity contribution in [2.45, 2.75) is 50.2 Å². The van der Waals surface area contributed by atoms with E-state index in [2.05, 4.69) is 5.32 Å². The maximum absolute atomic E-state index is 13.0. The molecule has 0 aromatic heterocycles. The molecule has 0 unspecified atom stereocenters. The van der Waals surface area contributed by atoms with Gasteiger partial charge in [0.2, 0.25) is 5.91 Å². The van der Waals surface area contributed by atoms with Crippen LogP contribution in [0.5, 0.6) is 0 Å². The van der Waals surface area contributed by atoms with E-state index in [-0.39, 0.29) is 11.8 Å². The minimum atomic E-state index is -4.43. The predicted molar refractivity (Wildman–Crippen MR) is 83.6 cm³/mol. The van der Waals surface area contributed by atoms with Crippen LogP contribution in [0.4, 0.5) is 13.2 Å². The van der Waals surface area contributed by atoms with Crippen molar-refractivity contribution in [3.63, 3.8) is 0 Å². The number of carbonyl (C=O) groups excluding carboxylic acids is 1. The van der Waals surface area contributed by atoms with E-state index in [1.165, 1.54) is 6.07 Å². The van der Waals surface area contributed by atoms with Crippen LogP contribution < -0.4 is 5.32 Å². The first-order valence-electron chi connectivity index (χ1n) is 8.44. The first-order chi connectivity index (χ1) is 11.7. The lowest BCUT2D eigenvalue weighted by atomic mass is 9.71. The Hall–Kier alpha value is -2.05. The Balaban J connectivity index is 1.76. The third-order valence-corrected chi connectivity index (χ3v) is 5.46. The second kappa shape index (κ2) is 6.35. The maximum atomic E-state index is 13.0. The standard InChI is InChI=1S/C18H20F3NO3/c19-18(20,21)14-4-1-3-13(10-14)17(7-2-8-17)22-15(23)11-5-6-12(9-11)16(24)25/h1,3-4,10-12H,2,5-9H2,(H,22,23)(H,24,25)/t11-,12+/m0/s1. The van der Waals surface area contributed by atoms with Crippen molar-refractivity contribution in [3.8, 4) is 0 Å². The van der Waals surface area contributed by atoms with Gasteiger partial charge in [-0.3, -0.25) is 9.59 Å². The van der Waals surface area contributed by atoms with Crippen LogP contribution in [0.3, 0.4) is 0 Å². The van der Waals surface area contributed by atoms with Crippen molar-refractivity contribution in [2.75, 3.05) is 0 Å². The Bertz CT molecular complexity index is 682. The summed E-state index contributed by atoms with van der Waals surface area (Å²) in [6.45, 7) is 0. The molecule has 2 aliphatic rings. The number of carbonyl (C=O) groups is 2. The van der Waals surface area contributed by atoms with Gasteiger partial charge < -0.3 is 10.4 Å². The van der Waals surface area contributed by atoms with Crippen LogP contribution in [0, 0.1) is 11.8 Å². The van der Waals surface area contributed by atoms with Gasteiger partial charge in [0.05, 0.1) is 17.0 Å². The fourth-order valence-corrected chi connectivity index (χ4v) is 3.79. The van der Waals surface area contributed by atoms with Crippen molar-refractivity contribution in [1.82, 2.24) is 5.32 Å². The highest BCUT2D eigenvalue weighted by Gasteiger charge is 2.44. The molecule has 0 heterocycles. The van der Waals surface area contributed by atoms with Crippen LogP contribution in [0.25, 0.3) is 0 Å². The smallest absolute Gasteiger partial charge is 0.416 e. The van der Waals surface area contributed by atoms with Crippen LogP contribution in [-0.2, 0) is 21.3 Å². The van der Waals surface area contributed by atoms with E-state index < -0.39 is 29.2 Å².